The van der Waals surface area contributed by atoms with Crippen LogP contribution in [0.15, 0.2) is 78.5 Å². The predicted molar refractivity (Wildman–Crippen MR) is 89.5 cm³/mol. The third-order valence-electron chi connectivity index (χ3n) is 3.04. The maximum Gasteiger partial charge on any atom is 0.354 e. The van der Waals surface area contributed by atoms with Crippen LogP contribution < -0.4 is 5.32 Å². The minimum Gasteiger partial charge on any atom is -0.464 e. The van der Waals surface area contributed by atoms with Crippen LogP contribution in [0.4, 0.5) is 0 Å². The molecular weight excluding hydrogens is 290 g/mol. The molecule has 1 N–H and O–H groups in total. The van der Waals surface area contributed by atoms with Crippen LogP contribution in [-0.4, -0.2) is 19.0 Å². The van der Waals surface area contributed by atoms with E-state index in [0.717, 1.165) is 5.56 Å². The van der Waals surface area contributed by atoms with Crippen LogP contribution in [0.5, 0.6) is 0 Å². The molecule has 1 amide bonds. The van der Waals surface area contributed by atoms with Gasteiger partial charge in [0.15, 0.2) is 0 Å². The minimum absolute atomic E-state index is 0.0773. The zero-order chi connectivity index (χ0) is 16.5. The second-order valence-electron chi connectivity index (χ2n) is 4.66. The lowest BCUT2D eigenvalue weighted by Crippen LogP contribution is -2.28. The number of benzene rings is 2. The first-order valence-corrected chi connectivity index (χ1v) is 7.09. The number of hydrogen-bond donors (Lipinski definition) is 1. The Morgan fingerprint density at radius 1 is 0.957 bits per heavy atom. The van der Waals surface area contributed by atoms with Gasteiger partial charge in [-0.25, -0.2) is 4.79 Å². The number of allylic oxidation sites excluding steroid dienone is 2. The summed E-state index contributed by atoms with van der Waals surface area (Å²) in [5.74, 6) is -0.970. The van der Waals surface area contributed by atoms with E-state index in [1.54, 1.807) is 30.3 Å². The van der Waals surface area contributed by atoms with Gasteiger partial charge in [-0.3, -0.25) is 4.79 Å². The molecule has 2 aromatic rings. The van der Waals surface area contributed by atoms with Gasteiger partial charge in [0.1, 0.15) is 5.70 Å². The molecule has 0 saturated heterocycles. The van der Waals surface area contributed by atoms with E-state index in [4.69, 9.17) is 4.74 Å². The molecule has 0 aliphatic rings. The van der Waals surface area contributed by atoms with Crippen molar-refractivity contribution in [2.45, 2.75) is 0 Å². The van der Waals surface area contributed by atoms with Gasteiger partial charge in [0.25, 0.3) is 5.91 Å². The average molecular weight is 307 g/mol. The SMILES string of the molecule is COC(=O)C(=CC=Cc1ccccc1)NC(=O)c1ccccc1. The van der Waals surface area contributed by atoms with Crippen molar-refractivity contribution in [3.63, 3.8) is 0 Å². The molecule has 0 bridgehead atoms. The minimum atomic E-state index is -0.605. The molecule has 0 spiro atoms. The molecule has 4 nitrogen and oxygen atoms in total. The summed E-state index contributed by atoms with van der Waals surface area (Å²) in [5, 5.41) is 2.57. The summed E-state index contributed by atoms with van der Waals surface area (Å²) in [6, 6.07) is 18.3. The molecule has 0 saturated carbocycles. The number of methoxy groups -OCH3 is 1. The Labute approximate surface area is 135 Å². The van der Waals surface area contributed by atoms with Crippen molar-refractivity contribution in [1.82, 2.24) is 5.32 Å². The smallest absolute Gasteiger partial charge is 0.354 e. The standard InChI is InChI=1S/C19H17NO3/c1-23-19(22)17(14-8-11-15-9-4-2-5-10-15)20-18(21)16-12-6-3-7-13-16/h2-14H,1H3,(H,20,21). The summed E-state index contributed by atoms with van der Waals surface area (Å²) in [6.45, 7) is 0. The Hall–Kier alpha value is -3.14. The maximum absolute atomic E-state index is 12.1. The lowest BCUT2D eigenvalue weighted by atomic mass is 10.2. The number of hydrogen-bond acceptors (Lipinski definition) is 3. The molecule has 0 aliphatic carbocycles. The van der Waals surface area contributed by atoms with Gasteiger partial charge in [0.05, 0.1) is 7.11 Å². The molecule has 2 aromatic carbocycles. The zero-order valence-electron chi connectivity index (χ0n) is 12.7. The van der Waals surface area contributed by atoms with Gasteiger partial charge in [-0.2, -0.15) is 0 Å². The van der Waals surface area contributed by atoms with Crippen molar-refractivity contribution >= 4 is 18.0 Å². The molecule has 0 aromatic heterocycles. The highest BCUT2D eigenvalue weighted by Crippen LogP contribution is 2.04. The molecule has 0 heterocycles. The van der Waals surface area contributed by atoms with Gasteiger partial charge >= 0.3 is 5.97 Å². The highest BCUT2D eigenvalue weighted by molar-refractivity contribution is 6.01. The van der Waals surface area contributed by atoms with Crippen LogP contribution in [0, 0.1) is 0 Å². The van der Waals surface area contributed by atoms with Gasteiger partial charge < -0.3 is 10.1 Å². The van der Waals surface area contributed by atoms with Gasteiger partial charge in [0.2, 0.25) is 0 Å². The molecule has 0 radical (unpaired) electrons. The molecule has 4 heteroatoms. The Kier molecular flexibility index (Phi) is 5.89. The van der Waals surface area contributed by atoms with Crippen LogP contribution in [0.3, 0.4) is 0 Å². The van der Waals surface area contributed by atoms with Crippen LogP contribution in [0.25, 0.3) is 6.08 Å². The Morgan fingerprint density at radius 2 is 1.57 bits per heavy atom. The van der Waals surface area contributed by atoms with E-state index in [-0.39, 0.29) is 11.6 Å². The number of rotatable bonds is 5. The third-order valence-corrected chi connectivity index (χ3v) is 3.04. The Balaban J connectivity index is 2.14. The average Bonchev–Trinajstić information content (AvgIpc) is 2.61. The highest BCUT2D eigenvalue weighted by Gasteiger charge is 2.13. The van der Waals surface area contributed by atoms with E-state index in [2.05, 4.69) is 5.32 Å². The number of carbonyl (C=O) groups is 2. The van der Waals surface area contributed by atoms with Crippen molar-refractivity contribution < 1.29 is 14.3 Å². The summed E-state index contributed by atoms with van der Waals surface area (Å²) in [7, 11) is 1.27. The number of esters is 1. The monoisotopic (exact) mass is 307 g/mol. The summed E-state index contributed by atoms with van der Waals surface area (Å²) in [4.78, 5) is 23.9. The Morgan fingerprint density at radius 3 is 2.17 bits per heavy atom. The van der Waals surface area contributed by atoms with E-state index in [9.17, 15) is 9.59 Å². The molecular formula is C19H17NO3. The molecule has 0 unspecified atom stereocenters. The van der Waals surface area contributed by atoms with E-state index < -0.39 is 5.97 Å². The van der Waals surface area contributed by atoms with E-state index >= 15 is 0 Å². The summed E-state index contributed by atoms with van der Waals surface area (Å²) >= 11 is 0. The second-order valence-corrected chi connectivity index (χ2v) is 4.66. The van der Waals surface area contributed by atoms with E-state index in [1.165, 1.54) is 13.2 Å². The molecule has 23 heavy (non-hydrogen) atoms. The van der Waals surface area contributed by atoms with E-state index in [1.807, 2.05) is 42.5 Å². The van der Waals surface area contributed by atoms with Crippen molar-refractivity contribution in [2.24, 2.45) is 0 Å². The predicted octanol–water partition coefficient (Wildman–Crippen LogP) is 3.19. The maximum atomic E-state index is 12.1. The van der Waals surface area contributed by atoms with Crippen molar-refractivity contribution in [3.8, 4) is 0 Å². The fourth-order valence-electron chi connectivity index (χ4n) is 1.87. The first kappa shape index (κ1) is 16.2. The third kappa shape index (κ3) is 4.97. The summed E-state index contributed by atoms with van der Waals surface area (Å²) < 4.78 is 4.70. The van der Waals surface area contributed by atoms with Gasteiger partial charge in [-0.1, -0.05) is 60.7 Å². The second kappa shape index (κ2) is 8.34. The fraction of sp³-hybridized carbons (Fsp3) is 0.0526. The molecule has 0 fully saturated rings. The van der Waals surface area contributed by atoms with Crippen molar-refractivity contribution in [3.05, 3.63) is 89.6 Å². The Bertz CT molecular complexity index is 719. The van der Waals surface area contributed by atoms with Crippen LogP contribution in [0.1, 0.15) is 15.9 Å². The summed E-state index contributed by atoms with van der Waals surface area (Å²) in [5.41, 5.74) is 1.53. The summed E-state index contributed by atoms with van der Waals surface area (Å²) in [6.07, 6.45) is 5.03. The molecule has 2 rings (SSSR count). The molecule has 0 aliphatic heterocycles. The van der Waals surface area contributed by atoms with Gasteiger partial charge in [-0.05, 0) is 23.8 Å². The van der Waals surface area contributed by atoms with Crippen molar-refractivity contribution in [1.29, 1.82) is 0 Å². The van der Waals surface area contributed by atoms with Crippen LogP contribution in [0.2, 0.25) is 0 Å². The topological polar surface area (TPSA) is 55.4 Å². The lowest BCUT2D eigenvalue weighted by Gasteiger charge is -2.07. The zero-order valence-corrected chi connectivity index (χ0v) is 12.7. The number of ether oxygens (including phenoxy) is 1. The van der Waals surface area contributed by atoms with Crippen LogP contribution >= 0.6 is 0 Å². The normalized spacial score (nSPS) is 11.3. The lowest BCUT2D eigenvalue weighted by molar-refractivity contribution is -0.136. The largest absolute Gasteiger partial charge is 0.464 e. The van der Waals surface area contributed by atoms with Crippen molar-refractivity contribution in [2.75, 3.05) is 7.11 Å². The highest BCUT2D eigenvalue weighted by atomic mass is 16.5. The van der Waals surface area contributed by atoms with Gasteiger partial charge in [-0.15, -0.1) is 0 Å². The molecule has 116 valence electrons. The van der Waals surface area contributed by atoms with Gasteiger partial charge in [0, 0.05) is 5.56 Å². The fourth-order valence-corrected chi connectivity index (χ4v) is 1.87. The number of nitrogens with one attached hydrogen (secondary N) is 1. The quantitative estimate of drug-likeness (QED) is 0.524. The van der Waals surface area contributed by atoms with Crippen LogP contribution in [-0.2, 0) is 9.53 Å². The van der Waals surface area contributed by atoms with E-state index in [0.29, 0.717) is 5.56 Å². The number of carbonyl (C=O) groups excluding carboxylic acids is 2. The number of amides is 1. The first-order valence-electron chi connectivity index (χ1n) is 7.09. The first-order chi connectivity index (χ1) is 11.2. The molecule has 0 atom stereocenters.